The second-order valence-corrected chi connectivity index (χ2v) is 10.1. The van der Waals surface area contributed by atoms with Crippen LogP contribution >= 0.6 is 11.3 Å². The predicted molar refractivity (Wildman–Crippen MR) is 128 cm³/mol. The van der Waals surface area contributed by atoms with E-state index >= 15 is 0 Å². The van der Waals surface area contributed by atoms with Gasteiger partial charge in [-0.15, -0.1) is 11.3 Å². The number of amides is 3. The molecule has 3 rings (SSSR count). The third kappa shape index (κ3) is 7.10. The van der Waals surface area contributed by atoms with Gasteiger partial charge in [-0.3, -0.25) is 4.79 Å². The van der Waals surface area contributed by atoms with Crippen molar-refractivity contribution in [2.45, 2.75) is 46.3 Å². The third-order valence-electron chi connectivity index (χ3n) is 5.13. The van der Waals surface area contributed by atoms with Crippen LogP contribution in [-0.2, 0) is 22.6 Å². The molecule has 1 aliphatic heterocycles. The molecule has 180 valence electrons. The zero-order valence-electron chi connectivity index (χ0n) is 20.0. The topological polar surface area (TPSA) is 80.3 Å². The summed E-state index contributed by atoms with van der Waals surface area (Å²) in [5.74, 6) is 1.24. The van der Waals surface area contributed by atoms with Crippen molar-refractivity contribution < 1.29 is 23.8 Å². The van der Waals surface area contributed by atoms with Gasteiger partial charge in [-0.05, 0) is 62.4 Å². The Hall–Kier alpha value is -2.78. The molecule has 1 N–H and O–H groups in total. The number of nitrogens with one attached hydrogen (secondary N) is 1. The number of hydrogen-bond donors (Lipinski definition) is 1. The average molecular weight is 476 g/mol. The molecular weight excluding hydrogens is 442 g/mol. The van der Waals surface area contributed by atoms with Crippen LogP contribution in [0.4, 0.5) is 4.79 Å². The minimum absolute atomic E-state index is 0.0414. The van der Waals surface area contributed by atoms with E-state index in [9.17, 15) is 9.59 Å². The lowest BCUT2D eigenvalue weighted by Crippen LogP contribution is -2.52. The van der Waals surface area contributed by atoms with Crippen molar-refractivity contribution in [1.82, 2.24) is 15.1 Å². The van der Waals surface area contributed by atoms with Crippen molar-refractivity contribution >= 4 is 23.3 Å². The number of fused-ring (bicyclic) bond motifs is 1. The van der Waals surface area contributed by atoms with E-state index in [1.165, 1.54) is 4.90 Å². The normalized spacial score (nSPS) is 12.5. The van der Waals surface area contributed by atoms with Gasteiger partial charge in [0, 0.05) is 30.6 Å². The third-order valence-corrected chi connectivity index (χ3v) is 6.13. The smallest absolute Gasteiger partial charge is 0.318 e. The summed E-state index contributed by atoms with van der Waals surface area (Å²) in [6, 6.07) is 7.45. The Kier molecular flexibility index (Phi) is 8.20. The van der Waals surface area contributed by atoms with Crippen LogP contribution in [0.25, 0.3) is 0 Å². The maximum absolute atomic E-state index is 13.5. The molecule has 33 heavy (non-hydrogen) atoms. The minimum Gasteiger partial charge on any atom is -0.454 e. The Morgan fingerprint density at radius 3 is 2.55 bits per heavy atom. The number of hydrogen-bond acceptors (Lipinski definition) is 6. The molecule has 0 aliphatic carbocycles. The van der Waals surface area contributed by atoms with E-state index in [0.717, 1.165) is 16.0 Å². The molecule has 1 aromatic heterocycles. The van der Waals surface area contributed by atoms with Crippen molar-refractivity contribution in [3.8, 4) is 11.5 Å². The average Bonchev–Trinajstić information content (AvgIpc) is 3.37. The van der Waals surface area contributed by atoms with Gasteiger partial charge >= 0.3 is 6.03 Å². The molecular formula is C24H33N3O5S. The molecule has 8 nitrogen and oxygen atoms in total. The molecule has 1 aliphatic rings. The highest BCUT2D eigenvalue weighted by Gasteiger charge is 2.25. The number of benzene rings is 1. The number of carbonyl (C=O) groups is 2. The number of thiophene rings is 1. The molecule has 0 radical (unpaired) electrons. The van der Waals surface area contributed by atoms with Gasteiger partial charge in [0.25, 0.3) is 0 Å². The van der Waals surface area contributed by atoms with Crippen LogP contribution < -0.4 is 14.8 Å². The first-order valence-electron chi connectivity index (χ1n) is 10.9. The molecule has 0 atom stereocenters. The molecule has 0 fully saturated rings. The number of ether oxygens (including phenoxy) is 3. The summed E-state index contributed by atoms with van der Waals surface area (Å²) in [6.45, 7) is 9.45. The summed E-state index contributed by atoms with van der Waals surface area (Å²) in [5, 5.41) is 4.96. The van der Waals surface area contributed by atoms with Crippen LogP contribution in [0.15, 0.2) is 29.6 Å². The SMILES string of the molecule is COCCN(CC(=O)N(Cc1ccc2c(c1)OCO2)Cc1sccc1C)C(=O)NC(C)(C)C. The van der Waals surface area contributed by atoms with E-state index < -0.39 is 5.54 Å². The van der Waals surface area contributed by atoms with Crippen molar-refractivity contribution in [2.75, 3.05) is 33.6 Å². The molecule has 3 amide bonds. The van der Waals surface area contributed by atoms with E-state index in [4.69, 9.17) is 14.2 Å². The quantitative estimate of drug-likeness (QED) is 0.597. The van der Waals surface area contributed by atoms with Gasteiger partial charge < -0.3 is 29.3 Å². The molecule has 0 saturated heterocycles. The first-order chi connectivity index (χ1) is 15.7. The zero-order chi connectivity index (χ0) is 24.0. The zero-order valence-corrected chi connectivity index (χ0v) is 20.8. The van der Waals surface area contributed by atoms with E-state index in [2.05, 4.69) is 5.32 Å². The fourth-order valence-corrected chi connectivity index (χ4v) is 4.27. The Balaban J connectivity index is 1.79. The van der Waals surface area contributed by atoms with Crippen LogP contribution in [0.2, 0.25) is 0 Å². The van der Waals surface area contributed by atoms with Gasteiger partial charge in [0.1, 0.15) is 6.54 Å². The maximum Gasteiger partial charge on any atom is 0.318 e. The van der Waals surface area contributed by atoms with Crippen LogP contribution in [0.3, 0.4) is 0 Å². The van der Waals surface area contributed by atoms with Crippen molar-refractivity contribution in [3.05, 3.63) is 45.6 Å². The summed E-state index contributed by atoms with van der Waals surface area (Å²) in [4.78, 5) is 30.7. The van der Waals surface area contributed by atoms with Crippen molar-refractivity contribution in [2.24, 2.45) is 0 Å². The summed E-state index contributed by atoms with van der Waals surface area (Å²) in [5.41, 5.74) is 1.67. The molecule has 2 heterocycles. The lowest BCUT2D eigenvalue weighted by Gasteiger charge is -2.30. The monoisotopic (exact) mass is 475 g/mol. The molecule has 1 aromatic carbocycles. The molecule has 9 heteroatoms. The fraction of sp³-hybridized carbons (Fsp3) is 0.500. The number of carbonyl (C=O) groups excluding carboxylic acids is 2. The van der Waals surface area contributed by atoms with E-state index in [1.54, 1.807) is 23.3 Å². The second kappa shape index (κ2) is 10.9. The van der Waals surface area contributed by atoms with Gasteiger partial charge in [0.15, 0.2) is 11.5 Å². The summed E-state index contributed by atoms with van der Waals surface area (Å²) >= 11 is 1.62. The predicted octanol–water partition coefficient (Wildman–Crippen LogP) is 3.77. The Labute approximate surface area is 199 Å². The number of aryl methyl sites for hydroxylation is 1. The van der Waals surface area contributed by atoms with Gasteiger partial charge in [0.05, 0.1) is 13.2 Å². The first kappa shape index (κ1) is 24.9. The van der Waals surface area contributed by atoms with E-state index in [-0.39, 0.29) is 25.3 Å². The van der Waals surface area contributed by atoms with E-state index in [1.807, 2.05) is 57.3 Å². The first-order valence-corrected chi connectivity index (χ1v) is 11.8. The highest BCUT2D eigenvalue weighted by molar-refractivity contribution is 7.10. The highest BCUT2D eigenvalue weighted by atomic mass is 32.1. The lowest BCUT2D eigenvalue weighted by atomic mass is 10.1. The van der Waals surface area contributed by atoms with Crippen LogP contribution in [0.5, 0.6) is 11.5 Å². The van der Waals surface area contributed by atoms with Gasteiger partial charge in [-0.1, -0.05) is 6.07 Å². The van der Waals surface area contributed by atoms with Gasteiger partial charge in [0.2, 0.25) is 12.7 Å². The van der Waals surface area contributed by atoms with Crippen LogP contribution in [-0.4, -0.2) is 60.9 Å². The Bertz CT molecular complexity index is 969. The molecule has 0 bridgehead atoms. The minimum atomic E-state index is -0.411. The van der Waals surface area contributed by atoms with Crippen molar-refractivity contribution in [1.29, 1.82) is 0 Å². The van der Waals surface area contributed by atoms with Crippen LogP contribution in [0.1, 0.15) is 36.8 Å². The highest BCUT2D eigenvalue weighted by Crippen LogP contribution is 2.33. The fourth-order valence-electron chi connectivity index (χ4n) is 3.35. The lowest BCUT2D eigenvalue weighted by molar-refractivity contribution is -0.133. The molecule has 0 saturated carbocycles. The maximum atomic E-state index is 13.5. The number of methoxy groups -OCH3 is 1. The van der Waals surface area contributed by atoms with Crippen molar-refractivity contribution in [3.63, 3.8) is 0 Å². The Morgan fingerprint density at radius 1 is 1.12 bits per heavy atom. The summed E-state index contributed by atoms with van der Waals surface area (Å²) < 4.78 is 16.1. The van der Waals surface area contributed by atoms with Gasteiger partial charge in [-0.2, -0.15) is 0 Å². The summed E-state index contributed by atoms with van der Waals surface area (Å²) in [6.07, 6.45) is 0. The molecule has 0 spiro atoms. The number of urea groups is 1. The second-order valence-electron chi connectivity index (χ2n) is 9.06. The van der Waals surface area contributed by atoms with Crippen LogP contribution in [0, 0.1) is 6.92 Å². The Morgan fingerprint density at radius 2 is 1.88 bits per heavy atom. The summed E-state index contributed by atoms with van der Waals surface area (Å²) in [7, 11) is 1.58. The largest absolute Gasteiger partial charge is 0.454 e. The van der Waals surface area contributed by atoms with E-state index in [0.29, 0.717) is 37.7 Å². The van der Waals surface area contributed by atoms with Gasteiger partial charge in [-0.25, -0.2) is 4.79 Å². The number of rotatable bonds is 9. The standard InChI is InChI=1S/C24H33N3O5S/c1-17-8-11-33-21(17)14-27(13-18-6-7-19-20(12-18)32-16-31-19)22(28)15-26(9-10-30-5)23(29)25-24(2,3)4/h6-8,11-12H,9-10,13-16H2,1-5H3,(H,25,29). The molecule has 2 aromatic rings. The molecule has 0 unspecified atom stereocenters. The number of nitrogens with zero attached hydrogens (tertiary/aromatic N) is 2.